The molecule has 0 aliphatic heterocycles. The predicted molar refractivity (Wildman–Crippen MR) is 132 cm³/mol. The van der Waals surface area contributed by atoms with Gasteiger partial charge in [0.1, 0.15) is 26.3 Å². The fraction of sp³-hybridized carbons (Fsp3) is 0.769. The van der Waals surface area contributed by atoms with Crippen LogP contribution in [-0.2, 0) is 19.1 Å². The van der Waals surface area contributed by atoms with Crippen molar-refractivity contribution in [2.45, 2.75) is 64.2 Å². The molecule has 0 radical (unpaired) electrons. The SMILES string of the molecule is C=CC(=O)OCC[N+](C)(C)CCCCCCCCCCCC[N+](C)(C)CCOC(=O)C=C. The lowest BCUT2D eigenvalue weighted by Crippen LogP contribution is -2.43. The molecular weight excluding hydrogens is 404 g/mol. The maximum absolute atomic E-state index is 11.1. The van der Waals surface area contributed by atoms with E-state index in [1.165, 1.54) is 76.4 Å². The van der Waals surface area contributed by atoms with Gasteiger partial charge in [0.2, 0.25) is 0 Å². The molecule has 0 rings (SSSR count). The second-order valence-electron chi connectivity index (χ2n) is 10.0. The highest BCUT2D eigenvalue weighted by Gasteiger charge is 2.16. The molecule has 0 aromatic carbocycles. The van der Waals surface area contributed by atoms with Crippen molar-refractivity contribution in [1.82, 2.24) is 0 Å². The van der Waals surface area contributed by atoms with Crippen LogP contribution in [0.4, 0.5) is 0 Å². The molecule has 0 amide bonds. The van der Waals surface area contributed by atoms with Crippen LogP contribution in [0.5, 0.6) is 0 Å². The van der Waals surface area contributed by atoms with E-state index >= 15 is 0 Å². The van der Waals surface area contributed by atoms with Crippen LogP contribution in [-0.4, -0.2) is 88.5 Å². The van der Waals surface area contributed by atoms with Gasteiger partial charge in [0, 0.05) is 12.2 Å². The minimum Gasteiger partial charge on any atom is -0.457 e. The van der Waals surface area contributed by atoms with Gasteiger partial charge in [-0.25, -0.2) is 9.59 Å². The van der Waals surface area contributed by atoms with E-state index in [1.54, 1.807) is 0 Å². The minimum absolute atomic E-state index is 0.336. The molecular formula is C26H50N2O4+2. The van der Waals surface area contributed by atoms with Crippen LogP contribution in [0.25, 0.3) is 0 Å². The summed E-state index contributed by atoms with van der Waals surface area (Å²) in [4.78, 5) is 22.2. The summed E-state index contributed by atoms with van der Waals surface area (Å²) in [5.74, 6) is -0.673. The Morgan fingerprint density at radius 2 is 0.844 bits per heavy atom. The van der Waals surface area contributed by atoms with E-state index in [-0.39, 0.29) is 11.9 Å². The third-order valence-corrected chi connectivity index (χ3v) is 5.99. The Kier molecular flexibility index (Phi) is 16.9. The summed E-state index contributed by atoms with van der Waals surface area (Å²) >= 11 is 0. The van der Waals surface area contributed by atoms with Crippen molar-refractivity contribution in [2.24, 2.45) is 0 Å². The molecule has 0 aromatic rings. The normalized spacial score (nSPS) is 11.8. The number of hydrogen-bond acceptors (Lipinski definition) is 4. The lowest BCUT2D eigenvalue weighted by atomic mass is 10.1. The number of hydrogen-bond donors (Lipinski definition) is 0. The second kappa shape index (κ2) is 17.8. The van der Waals surface area contributed by atoms with E-state index in [1.807, 2.05) is 0 Å². The Morgan fingerprint density at radius 3 is 1.12 bits per heavy atom. The van der Waals surface area contributed by atoms with Crippen molar-refractivity contribution in [3.05, 3.63) is 25.3 Å². The van der Waals surface area contributed by atoms with Crippen molar-refractivity contribution in [1.29, 1.82) is 0 Å². The number of likely N-dealkylation sites (N-methyl/N-ethyl adjacent to an activating group) is 2. The molecule has 0 saturated carbocycles. The van der Waals surface area contributed by atoms with Crippen LogP contribution >= 0.6 is 0 Å². The Morgan fingerprint density at radius 1 is 0.562 bits per heavy atom. The smallest absolute Gasteiger partial charge is 0.330 e. The first-order chi connectivity index (χ1) is 15.1. The van der Waals surface area contributed by atoms with Gasteiger partial charge in [-0.15, -0.1) is 0 Å². The summed E-state index contributed by atoms with van der Waals surface area (Å²) < 4.78 is 11.9. The molecule has 0 unspecified atom stereocenters. The summed E-state index contributed by atoms with van der Waals surface area (Å²) in [5.41, 5.74) is 0. The molecule has 0 saturated heterocycles. The monoisotopic (exact) mass is 454 g/mol. The van der Waals surface area contributed by atoms with Crippen molar-refractivity contribution < 1.29 is 28.0 Å². The summed E-state index contributed by atoms with van der Waals surface area (Å²) in [6.07, 6.45) is 15.4. The predicted octanol–water partition coefficient (Wildman–Crippen LogP) is 4.50. The first-order valence-electron chi connectivity index (χ1n) is 12.3. The number of carbonyl (C=O) groups is 2. The number of ether oxygens (including phenoxy) is 2. The van der Waals surface area contributed by atoms with Gasteiger partial charge in [0.15, 0.2) is 0 Å². The van der Waals surface area contributed by atoms with Crippen LogP contribution in [0, 0.1) is 0 Å². The van der Waals surface area contributed by atoms with Gasteiger partial charge in [-0.3, -0.25) is 0 Å². The molecule has 0 spiro atoms. The van der Waals surface area contributed by atoms with Gasteiger partial charge in [0.05, 0.1) is 41.3 Å². The topological polar surface area (TPSA) is 52.6 Å². The van der Waals surface area contributed by atoms with E-state index in [0.717, 1.165) is 35.1 Å². The van der Waals surface area contributed by atoms with Crippen molar-refractivity contribution in [2.75, 3.05) is 67.6 Å². The number of esters is 2. The van der Waals surface area contributed by atoms with Crippen LogP contribution in [0.15, 0.2) is 25.3 Å². The highest BCUT2D eigenvalue weighted by atomic mass is 16.5. The van der Waals surface area contributed by atoms with Crippen LogP contribution in [0.2, 0.25) is 0 Å². The van der Waals surface area contributed by atoms with Gasteiger partial charge >= 0.3 is 11.9 Å². The molecule has 0 aliphatic rings. The average Bonchev–Trinajstić information content (AvgIpc) is 2.73. The van der Waals surface area contributed by atoms with Gasteiger partial charge in [0.25, 0.3) is 0 Å². The molecule has 186 valence electrons. The Labute approximate surface area is 197 Å². The number of rotatable bonds is 21. The fourth-order valence-corrected chi connectivity index (χ4v) is 3.62. The van der Waals surface area contributed by atoms with Crippen molar-refractivity contribution >= 4 is 11.9 Å². The minimum atomic E-state index is -0.336. The zero-order valence-corrected chi connectivity index (χ0v) is 21.4. The number of carbonyl (C=O) groups excluding carboxylic acids is 2. The first-order valence-corrected chi connectivity index (χ1v) is 12.3. The van der Waals surface area contributed by atoms with Crippen molar-refractivity contribution in [3.8, 4) is 0 Å². The van der Waals surface area contributed by atoms with E-state index < -0.39 is 0 Å². The van der Waals surface area contributed by atoms with Gasteiger partial charge in [-0.05, 0) is 25.7 Å². The molecule has 32 heavy (non-hydrogen) atoms. The Hall–Kier alpha value is -1.66. The molecule has 6 nitrogen and oxygen atoms in total. The third kappa shape index (κ3) is 19.1. The Bertz CT molecular complexity index is 496. The molecule has 0 aliphatic carbocycles. The number of quaternary nitrogens is 2. The maximum Gasteiger partial charge on any atom is 0.330 e. The van der Waals surface area contributed by atoms with E-state index in [0.29, 0.717) is 13.2 Å². The standard InChI is InChI=1S/C26H50N2O4/c1-7-25(29)31-23-21-27(3,4)19-17-15-13-11-9-10-12-14-16-18-20-28(5,6)22-24-32-26(30)8-2/h7-8H,1-2,9-24H2,3-6H3/q+2. The molecule has 0 atom stereocenters. The van der Waals surface area contributed by atoms with Gasteiger partial charge in [-0.2, -0.15) is 0 Å². The molecule has 0 aromatic heterocycles. The Balaban J connectivity index is 3.51. The number of unbranched alkanes of at least 4 members (excludes halogenated alkanes) is 9. The molecule has 6 heteroatoms. The van der Waals surface area contributed by atoms with Gasteiger partial charge < -0.3 is 18.4 Å². The molecule has 0 fully saturated rings. The fourth-order valence-electron chi connectivity index (χ4n) is 3.62. The molecule has 0 N–H and O–H groups in total. The molecule has 0 heterocycles. The highest BCUT2D eigenvalue weighted by Crippen LogP contribution is 2.12. The lowest BCUT2D eigenvalue weighted by Gasteiger charge is -2.29. The third-order valence-electron chi connectivity index (χ3n) is 5.99. The summed E-state index contributed by atoms with van der Waals surface area (Å²) in [6, 6.07) is 0. The largest absolute Gasteiger partial charge is 0.457 e. The average molecular weight is 455 g/mol. The maximum atomic E-state index is 11.1. The summed E-state index contributed by atoms with van der Waals surface area (Å²) in [5, 5.41) is 0. The van der Waals surface area contributed by atoms with Crippen LogP contribution in [0.1, 0.15) is 64.2 Å². The zero-order valence-electron chi connectivity index (χ0n) is 21.4. The summed E-state index contributed by atoms with van der Waals surface area (Å²) in [7, 11) is 8.78. The zero-order chi connectivity index (χ0) is 24.3. The van der Waals surface area contributed by atoms with E-state index in [2.05, 4.69) is 41.3 Å². The second-order valence-corrected chi connectivity index (χ2v) is 10.0. The molecule has 0 bridgehead atoms. The van der Waals surface area contributed by atoms with E-state index in [4.69, 9.17) is 9.47 Å². The summed E-state index contributed by atoms with van der Waals surface area (Å²) in [6.45, 7) is 11.7. The first kappa shape index (κ1) is 30.3. The quantitative estimate of drug-likeness (QED) is 0.111. The lowest BCUT2D eigenvalue weighted by molar-refractivity contribution is -0.890. The van der Waals surface area contributed by atoms with Crippen molar-refractivity contribution in [3.63, 3.8) is 0 Å². The van der Waals surface area contributed by atoms with Crippen LogP contribution < -0.4 is 0 Å². The van der Waals surface area contributed by atoms with Crippen LogP contribution in [0.3, 0.4) is 0 Å². The number of nitrogens with zero attached hydrogens (tertiary/aromatic N) is 2. The van der Waals surface area contributed by atoms with Gasteiger partial charge in [-0.1, -0.05) is 51.7 Å². The highest BCUT2D eigenvalue weighted by molar-refractivity contribution is 5.81. The van der Waals surface area contributed by atoms with E-state index in [9.17, 15) is 9.59 Å².